The van der Waals surface area contributed by atoms with Gasteiger partial charge in [-0.2, -0.15) is 0 Å². The van der Waals surface area contributed by atoms with Crippen LogP contribution in [0, 0.1) is 86.3 Å². The first-order valence-corrected chi connectivity index (χ1v) is 35.3. The lowest BCUT2D eigenvalue weighted by Crippen LogP contribution is -2.72. The molecule has 0 unspecified atom stereocenters. The van der Waals surface area contributed by atoms with Crippen LogP contribution in [0.5, 0.6) is 5.75 Å². The Morgan fingerprint density at radius 1 is 0.906 bits per heavy atom. The summed E-state index contributed by atoms with van der Waals surface area (Å²) >= 11 is 0. The first-order chi connectivity index (χ1) is 40.5. The van der Waals surface area contributed by atoms with Crippen molar-refractivity contribution >= 4 is 39.0 Å². The molecule has 5 spiro atoms. The molecule has 10 N–H and O–H groups in total. The van der Waals surface area contributed by atoms with Crippen molar-refractivity contribution in [3.63, 3.8) is 0 Å². The number of aromatic hydroxyl groups is 1. The second kappa shape index (κ2) is 20.8. The van der Waals surface area contributed by atoms with Gasteiger partial charge in [-0.15, -0.1) is 0 Å². The molecule has 6 aliphatic heterocycles. The van der Waals surface area contributed by atoms with Crippen molar-refractivity contribution in [2.24, 2.45) is 86.3 Å². The van der Waals surface area contributed by atoms with Crippen molar-refractivity contribution in [1.29, 1.82) is 0 Å². The first kappa shape index (κ1) is 60.2. The summed E-state index contributed by atoms with van der Waals surface area (Å²) in [6.45, 7) is 7.51. The maximum atomic E-state index is 16.7. The zero-order valence-electron chi connectivity index (χ0n) is 50.6. The Kier molecular flexibility index (Phi) is 14.8. The van der Waals surface area contributed by atoms with E-state index in [4.69, 9.17) is 9.47 Å². The third-order valence-electron chi connectivity index (χ3n) is 27.7. The van der Waals surface area contributed by atoms with Gasteiger partial charge in [0.2, 0.25) is 5.91 Å². The van der Waals surface area contributed by atoms with Gasteiger partial charge in [0.15, 0.2) is 5.78 Å². The van der Waals surface area contributed by atoms with Crippen LogP contribution in [0.25, 0.3) is 0 Å². The number of ketones is 1. The fourth-order valence-electron chi connectivity index (χ4n) is 23.4. The molecule has 85 heavy (non-hydrogen) atoms. The van der Waals surface area contributed by atoms with E-state index in [9.17, 15) is 46.0 Å². The number of phenols is 1. The normalized spacial score (nSPS) is 50.8. The number of carbonyl (C=O) groups is 2. The van der Waals surface area contributed by atoms with Gasteiger partial charge < -0.3 is 65.6 Å². The molecule has 15 nitrogen and oxygen atoms in total. The number of hydrogen-bond donors (Lipinski definition) is 10. The molecule has 15 aliphatic rings. The standard InChI is InChI=1S/C68H96N2O13S2/c1-37(2)38(3)55-57(83-55)66(80)20-9-12-41-27-49-50-30-53(74)65(31-54(75)63(79,36-72)34-60(49,65)4)59(78)85-84-33-43-11-8-10-42(32-71)68(43)58(77)70(44-24-39(25-45(73)28-44)15-22-64(41)52(66)17-23-67(50,64)81)35-61(68)21-16-47(56(61)76)51-26-40-13-14-46(82-5)29-48(40)62(69-51)18-6-7-19-62/h9,12-14,24-25,28,30,37-38,40-43,46-49,51-52,54-57,59,69,71-73,75-76,78-81H,6-8,10-11,15-23,26-27,29,31-36H2,1-5H3/t38-,40+,41+,42-,43-,46-,47-,48+,49+,51+,52+,54-,55+,56-,57-,59+,60-,61-,63-,64-,65+,66-,67-,68+/m1/s1. The highest BCUT2D eigenvalue weighted by Crippen LogP contribution is 2.77. The van der Waals surface area contributed by atoms with Crippen LogP contribution in [0.15, 0.2) is 54.2 Å². The number of anilines is 1. The SMILES string of the molecule is CO[C@@H]1C=C[C@H]2C[C@@H]([C@H]3CC[C@@]4(CN5C(=O)[C@]46[C@H](CCC[C@@H]6CO)CSS[C@H](O)[C@@]46C[C@@H](O)[C@](O)(CO)C[C@]4(C)[C@H]4C[C@@H]7C=CC[C@](O)([C@@H]8O[C@H]8[C@H](C)C(C)C)[C@H]8CC[C@@](O)(C4=CC6=O)[C@@]87CCc4cc(O)cc5c4)[C@@H]3O)NC3(CCCC3)[C@H]2C1. The van der Waals surface area contributed by atoms with Crippen molar-refractivity contribution in [1.82, 2.24) is 5.32 Å². The Bertz CT molecular complexity index is 2920. The molecule has 16 rings (SSSR count). The molecule has 1 amide bonds. The lowest BCUT2D eigenvalue weighted by Gasteiger charge is -2.68. The van der Waals surface area contributed by atoms with Gasteiger partial charge in [0.25, 0.3) is 0 Å². The third-order valence-corrected chi connectivity index (χ3v) is 30.3. The molecule has 0 radical (unpaired) electrons. The van der Waals surface area contributed by atoms with Crippen LogP contribution >= 0.6 is 21.6 Å². The van der Waals surface area contributed by atoms with Gasteiger partial charge in [-0.05, 0) is 185 Å². The van der Waals surface area contributed by atoms with E-state index < -0.39 is 110 Å². The molecule has 17 heteroatoms. The predicted molar refractivity (Wildman–Crippen MR) is 325 cm³/mol. The second-order valence-electron chi connectivity index (χ2n) is 30.8. The smallest absolute Gasteiger partial charge is 0.234 e. The van der Waals surface area contributed by atoms with E-state index in [1.807, 2.05) is 24.0 Å². The van der Waals surface area contributed by atoms with Crippen LogP contribution in [-0.4, -0.2) is 155 Å². The van der Waals surface area contributed by atoms with Crippen molar-refractivity contribution in [2.45, 2.75) is 214 Å². The number of aryl methyl sites for hydroxylation is 1. The van der Waals surface area contributed by atoms with Crippen LogP contribution in [0.4, 0.5) is 5.69 Å². The minimum absolute atomic E-state index is 0.0269. The predicted octanol–water partition coefficient (Wildman–Crippen LogP) is 7.31. The number of nitrogens with one attached hydrogen (secondary N) is 1. The van der Waals surface area contributed by atoms with E-state index in [2.05, 4.69) is 44.3 Å². The number of hydrogen-bond acceptors (Lipinski definition) is 16. The molecule has 8 bridgehead atoms. The van der Waals surface area contributed by atoms with Crippen LogP contribution in [0.3, 0.4) is 0 Å². The number of amides is 1. The van der Waals surface area contributed by atoms with Gasteiger partial charge in [-0.1, -0.05) is 92.8 Å². The van der Waals surface area contributed by atoms with E-state index in [1.54, 1.807) is 25.3 Å². The molecular weight excluding hydrogens is 1120 g/mol. The van der Waals surface area contributed by atoms with Gasteiger partial charge in [0.05, 0.1) is 47.5 Å². The number of phenolic OH excluding ortho intramolecular Hbond substituents is 1. The maximum absolute atomic E-state index is 16.7. The minimum Gasteiger partial charge on any atom is -0.508 e. The molecule has 1 aromatic rings. The highest BCUT2D eigenvalue weighted by atomic mass is 33.1. The summed E-state index contributed by atoms with van der Waals surface area (Å²) in [4.78, 5) is 34.5. The number of carbonyl (C=O) groups excluding carboxylic acids is 2. The summed E-state index contributed by atoms with van der Waals surface area (Å²) in [5.74, 6) is -1.85. The number of piperidine rings is 1. The van der Waals surface area contributed by atoms with E-state index in [0.29, 0.717) is 80.2 Å². The fourth-order valence-corrected chi connectivity index (χ4v) is 26.4. The number of rotatable bonds is 7. The Labute approximate surface area is 510 Å². The summed E-state index contributed by atoms with van der Waals surface area (Å²) in [6.07, 6.45) is 17.9. The van der Waals surface area contributed by atoms with Gasteiger partial charge in [0.1, 0.15) is 28.5 Å². The number of benzene rings is 1. The summed E-state index contributed by atoms with van der Waals surface area (Å²) in [5.41, 5.74) is -11.4. The summed E-state index contributed by atoms with van der Waals surface area (Å²) in [6, 6.07) is 5.36. The van der Waals surface area contributed by atoms with Crippen molar-refractivity contribution in [3.05, 3.63) is 59.7 Å². The van der Waals surface area contributed by atoms with E-state index in [0.717, 1.165) is 61.3 Å². The topological polar surface area (TPSA) is 253 Å². The number of aliphatic hydroxyl groups excluding tert-OH is 5. The van der Waals surface area contributed by atoms with E-state index in [1.165, 1.54) is 10.8 Å². The Morgan fingerprint density at radius 2 is 1.69 bits per heavy atom. The summed E-state index contributed by atoms with van der Waals surface area (Å²) < 4.78 is 12.5. The van der Waals surface area contributed by atoms with Gasteiger partial charge >= 0.3 is 0 Å². The Morgan fingerprint density at radius 3 is 2.44 bits per heavy atom. The maximum Gasteiger partial charge on any atom is 0.234 e. The number of fused-ring (bicyclic) bond motifs is 3. The molecular formula is C68H96N2O13S2. The zero-order chi connectivity index (χ0) is 59.8. The largest absolute Gasteiger partial charge is 0.508 e. The van der Waals surface area contributed by atoms with Crippen molar-refractivity contribution in [3.8, 4) is 5.75 Å². The molecule has 24 atom stereocenters. The van der Waals surface area contributed by atoms with Gasteiger partial charge in [0, 0.05) is 72.0 Å². The molecule has 3 saturated heterocycles. The molecule has 0 aromatic heterocycles. The second-order valence-corrected chi connectivity index (χ2v) is 33.3. The zero-order valence-corrected chi connectivity index (χ0v) is 52.3. The number of epoxide rings is 1. The molecule has 468 valence electrons. The molecule has 9 aliphatic carbocycles. The highest BCUT2D eigenvalue weighted by Gasteiger charge is 2.80. The monoisotopic (exact) mass is 1210 g/mol. The minimum atomic E-state index is -2.04. The fraction of sp³-hybridized carbons (Fsp3) is 0.794. The average Bonchev–Trinajstić information content (AvgIpc) is 1.67. The third kappa shape index (κ3) is 8.05. The number of nitrogens with zero attached hydrogens (tertiary/aromatic N) is 1. The number of allylic oxidation sites excluding steroid dienone is 3. The van der Waals surface area contributed by atoms with Gasteiger partial charge in [-0.3, -0.25) is 9.59 Å². The first-order valence-electron chi connectivity index (χ1n) is 32.9. The lowest BCUT2D eigenvalue weighted by molar-refractivity contribution is -0.235. The lowest BCUT2D eigenvalue weighted by atomic mass is 9.38. The Balaban J connectivity index is 0.918. The molecule has 9 fully saturated rings. The van der Waals surface area contributed by atoms with Crippen LogP contribution in [0.1, 0.15) is 149 Å². The summed E-state index contributed by atoms with van der Waals surface area (Å²) in [7, 11) is 4.30. The molecule has 1 aromatic carbocycles. The quantitative estimate of drug-likeness (QED) is 0.0730. The summed E-state index contributed by atoms with van der Waals surface area (Å²) in [5, 5.41) is 119. The van der Waals surface area contributed by atoms with E-state index in [-0.39, 0.29) is 92.0 Å². The number of methoxy groups -OCH3 is 1. The number of aliphatic hydroxyl groups is 8. The van der Waals surface area contributed by atoms with Crippen molar-refractivity contribution < 1.29 is 65.0 Å². The Hall–Kier alpha value is -2.36. The van der Waals surface area contributed by atoms with Crippen LogP contribution < -0.4 is 10.2 Å². The van der Waals surface area contributed by atoms with Crippen LogP contribution in [0.2, 0.25) is 0 Å². The average molecular weight is 1210 g/mol. The van der Waals surface area contributed by atoms with E-state index >= 15 is 9.59 Å². The highest BCUT2D eigenvalue weighted by molar-refractivity contribution is 8.76. The van der Waals surface area contributed by atoms with Gasteiger partial charge in [-0.25, -0.2) is 0 Å². The van der Waals surface area contributed by atoms with Crippen molar-refractivity contribution in [2.75, 3.05) is 37.5 Å². The van der Waals surface area contributed by atoms with Crippen LogP contribution in [-0.2, 0) is 25.5 Å². The number of ether oxygens (including phenoxy) is 2. The molecule has 6 heterocycles. The molecule has 6 saturated carbocycles.